The van der Waals surface area contributed by atoms with Crippen molar-refractivity contribution in [3.63, 3.8) is 0 Å². The van der Waals surface area contributed by atoms with Gasteiger partial charge in [0.2, 0.25) is 0 Å². The average molecular weight is 255 g/mol. The number of nitrogens with zero attached hydrogens (tertiary/aromatic N) is 1. The van der Waals surface area contributed by atoms with E-state index in [9.17, 15) is 8.42 Å². The third-order valence-electron chi connectivity index (χ3n) is 2.33. The van der Waals surface area contributed by atoms with Crippen molar-refractivity contribution < 1.29 is 12.6 Å². The van der Waals surface area contributed by atoms with Gasteiger partial charge < -0.3 is 4.18 Å². The summed E-state index contributed by atoms with van der Waals surface area (Å²) in [6, 6.07) is 5.19. The lowest BCUT2D eigenvalue weighted by atomic mass is 10.1. The van der Waals surface area contributed by atoms with Gasteiger partial charge in [0.05, 0.1) is 0 Å². The molecule has 5 heteroatoms. The van der Waals surface area contributed by atoms with E-state index in [0.29, 0.717) is 12.2 Å². The third-order valence-corrected chi connectivity index (χ3v) is 3.63. The monoisotopic (exact) mass is 255 g/mol. The Kier molecular flexibility index (Phi) is 4.31. The molecule has 1 aromatic rings. The summed E-state index contributed by atoms with van der Waals surface area (Å²) in [7, 11) is -0.839. The lowest BCUT2D eigenvalue weighted by molar-refractivity contribution is 0.421. The molecular weight excluding hydrogens is 238 g/mol. The van der Waals surface area contributed by atoms with Crippen molar-refractivity contribution >= 4 is 10.3 Å². The van der Waals surface area contributed by atoms with Gasteiger partial charge in [-0.3, -0.25) is 0 Å². The van der Waals surface area contributed by atoms with Gasteiger partial charge in [0.1, 0.15) is 5.75 Å². The van der Waals surface area contributed by atoms with Crippen LogP contribution in [0.15, 0.2) is 30.9 Å². The molecule has 0 N–H and O–H groups in total. The fourth-order valence-corrected chi connectivity index (χ4v) is 1.77. The first-order chi connectivity index (χ1) is 7.86. The number of aryl methyl sites for hydroxylation is 1. The van der Waals surface area contributed by atoms with Crippen LogP contribution in [-0.2, 0) is 16.7 Å². The van der Waals surface area contributed by atoms with Gasteiger partial charge in [-0.25, -0.2) is 0 Å². The molecule has 0 aliphatic carbocycles. The highest BCUT2D eigenvalue weighted by atomic mass is 32.2. The smallest absolute Gasteiger partial charge is 0.371 e. The molecule has 0 aromatic heterocycles. The minimum atomic E-state index is -3.69. The first kappa shape index (κ1) is 13.7. The van der Waals surface area contributed by atoms with Gasteiger partial charge >= 0.3 is 10.3 Å². The SMILES string of the molecule is C=CCc1cc(OS(=O)(=O)N(C)C)ccc1C. The summed E-state index contributed by atoms with van der Waals surface area (Å²) in [5.41, 5.74) is 2.09. The predicted octanol–water partition coefficient (Wildman–Crippen LogP) is 1.91. The number of rotatable bonds is 5. The van der Waals surface area contributed by atoms with E-state index in [1.165, 1.54) is 14.1 Å². The number of allylic oxidation sites excluding steroid dienone is 1. The second-order valence-electron chi connectivity index (χ2n) is 3.90. The molecule has 0 atom stereocenters. The molecule has 0 amide bonds. The zero-order chi connectivity index (χ0) is 13.1. The van der Waals surface area contributed by atoms with Crippen LogP contribution >= 0.6 is 0 Å². The molecule has 0 unspecified atom stereocenters. The van der Waals surface area contributed by atoms with Gasteiger partial charge in [0.25, 0.3) is 0 Å². The molecule has 0 aliphatic heterocycles. The fourth-order valence-electron chi connectivity index (χ4n) is 1.27. The standard InChI is InChI=1S/C12H17NO3S/c1-5-6-11-9-12(8-7-10(11)2)16-17(14,15)13(3)4/h5,7-9H,1,6H2,2-4H3. The number of benzene rings is 1. The van der Waals surface area contributed by atoms with Crippen LogP contribution in [0.5, 0.6) is 5.75 Å². The van der Waals surface area contributed by atoms with E-state index < -0.39 is 10.3 Å². The summed E-state index contributed by atoms with van der Waals surface area (Å²) < 4.78 is 29.1. The Bertz CT molecular complexity index is 506. The zero-order valence-electron chi connectivity index (χ0n) is 10.3. The summed E-state index contributed by atoms with van der Waals surface area (Å²) >= 11 is 0. The lowest BCUT2D eigenvalue weighted by Crippen LogP contribution is -2.27. The summed E-state index contributed by atoms with van der Waals surface area (Å²) in [5.74, 6) is 0.321. The van der Waals surface area contributed by atoms with Gasteiger partial charge in [-0.15, -0.1) is 6.58 Å². The molecule has 0 aliphatic rings. The Balaban J connectivity index is 3.01. The predicted molar refractivity (Wildman–Crippen MR) is 68.3 cm³/mol. The van der Waals surface area contributed by atoms with Crippen LogP contribution in [0.2, 0.25) is 0 Å². The summed E-state index contributed by atoms with van der Waals surface area (Å²) in [6.07, 6.45) is 2.46. The van der Waals surface area contributed by atoms with Crippen molar-refractivity contribution in [2.45, 2.75) is 13.3 Å². The van der Waals surface area contributed by atoms with E-state index in [1.807, 2.05) is 13.0 Å². The van der Waals surface area contributed by atoms with Crippen LogP contribution in [0.25, 0.3) is 0 Å². The molecule has 0 saturated carbocycles. The number of hydrogen-bond donors (Lipinski definition) is 0. The van der Waals surface area contributed by atoms with Gasteiger partial charge in [-0.2, -0.15) is 12.7 Å². The van der Waals surface area contributed by atoms with Gasteiger partial charge in [-0.05, 0) is 36.6 Å². The highest BCUT2D eigenvalue weighted by Gasteiger charge is 2.16. The molecule has 1 aromatic carbocycles. The van der Waals surface area contributed by atoms with Crippen LogP contribution in [0.1, 0.15) is 11.1 Å². The van der Waals surface area contributed by atoms with E-state index in [-0.39, 0.29) is 0 Å². The fraction of sp³-hybridized carbons (Fsp3) is 0.333. The van der Waals surface area contributed by atoms with Crippen molar-refractivity contribution in [2.75, 3.05) is 14.1 Å². The van der Waals surface area contributed by atoms with Crippen molar-refractivity contribution in [1.82, 2.24) is 4.31 Å². The Labute approximate surface area is 103 Å². The van der Waals surface area contributed by atoms with Crippen LogP contribution in [0.4, 0.5) is 0 Å². The first-order valence-electron chi connectivity index (χ1n) is 5.19. The maximum Gasteiger partial charge on any atom is 0.384 e. The summed E-state index contributed by atoms with van der Waals surface area (Å²) in [5, 5.41) is 0. The number of hydrogen-bond acceptors (Lipinski definition) is 3. The molecule has 94 valence electrons. The molecule has 1 rings (SSSR count). The Morgan fingerprint density at radius 2 is 2.06 bits per heavy atom. The van der Waals surface area contributed by atoms with Crippen molar-refractivity contribution in [1.29, 1.82) is 0 Å². The zero-order valence-corrected chi connectivity index (χ0v) is 11.1. The average Bonchev–Trinajstić information content (AvgIpc) is 2.23. The van der Waals surface area contributed by atoms with Gasteiger partial charge in [0, 0.05) is 14.1 Å². The summed E-state index contributed by atoms with van der Waals surface area (Å²) in [4.78, 5) is 0. The molecule has 0 heterocycles. The van der Waals surface area contributed by atoms with Gasteiger partial charge in [0.15, 0.2) is 0 Å². The quantitative estimate of drug-likeness (QED) is 0.755. The van der Waals surface area contributed by atoms with Crippen LogP contribution in [-0.4, -0.2) is 26.8 Å². The van der Waals surface area contributed by atoms with E-state index >= 15 is 0 Å². The highest BCUT2D eigenvalue weighted by Crippen LogP contribution is 2.20. The van der Waals surface area contributed by atoms with Crippen molar-refractivity contribution in [3.05, 3.63) is 42.0 Å². The molecular formula is C12H17NO3S. The van der Waals surface area contributed by atoms with E-state index in [2.05, 4.69) is 6.58 Å². The summed E-state index contributed by atoms with van der Waals surface area (Å²) in [6.45, 7) is 5.62. The molecule has 0 fully saturated rings. The highest BCUT2D eigenvalue weighted by molar-refractivity contribution is 7.84. The van der Waals surface area contributed by atoms with Crippen molar-refractivity contribution in [3.8, 4) is 5.75 Å². The molecule has 0 spiro atoms. The van der Waals surface area contributed by atoms with E-state index in [0.717, 1.165) is 15.4 Å². The van der Waals surface area contributed by atoms with Gasteiger partial charge in [-0.1, -0.05) is 12.1 Å². The second-order valence-corrected chi connectivity index (χ2v) is 5.66. The van der Waals surface area contributed by atoms with E-state index in [1.54, 1.807) is 18.2 Å². The minimum Gasteiger partial charge on any atom is -0.371 e. The minimum absolute atomic E-state index is 0.321. The second kappa shape index (κ2) is 5.33. The molecule has 17 heavy (non-hydrogen) atoms. The molecule has 0 saturated heterocycles. The maximum absolute atomic E-state index is 11.5. The largest absolute Gasteiger partial charge is 0.384 e. The normalized spacial score (nSPS) is 11.5. The molecule has 4 nitrogen and oxygen atoms in total. The Hall–Kier alpha value is -1.33. The van der Waals surface area contributed by atoms with Crippen LogP contribution in [0.3, 0.4) is 0 Å². The molecule has 0 bridgehead atoms. The van der Waals surface area contributed by atoms with Crippen LogP contribution in [0, 0.1) is 6.92 Å². The van der Waals surface area contributed by atoms with Crippen LogP contribution < -0.4 is 4.18 Å². The first-order valence-corrected chi connectivity index (χ1v) is 6.55. The topological polar surface area (TPSA) is 46.6 Å². The maximum atomic E-state index is 11.5. The Morgan fingerprint density at radius 3 is 2.59 bits per heavy atom. The van der Waals surface area contributed by atoms with Crippen molar-refractivity contribution in [2.24, 2.45) is 0 Å². The Morgan fingerprint density at radius 1 is 1.41 bits per heavy atom. The third kappa shape index (κ3) is 3.57. The van der Waals surface area contributed by atoms with E-state index in [4.69, 9.17) is 4.18 Å². The lowest BCUT2D eigenvalue weighted by Gasteiger charge is -2.13. The molecule has 0 radical (unpaired) electrons.